The summed E-state index contributed by atoms with van der Waals surface area (Å²) in [6.07, 6.45) is -13.7. The first-order chi connectivity index (χ1) is 16.5. The number of ether oxygens (including phenoxy) is 5. The van der Waals surface area contributed by atoms with Crippen LogP contribution >= 0.6 is 0 Å². The summed E-state index contributed by atoms with van der Waals surface area (Å²) in [7, 11) is 0. The topological polar surface area (TPSA) is 205 Å². The van der Waals surface area contributed by atoms with Gasteiger partial charge in [-0.05, 0) is 31.0 Å². The molecule has 7 N–H and O–H groups in total. The van der Waals surface area contributed by atoms with E-state index in [1.807, 2.05) is 0 Å². The molecule has 0 aromatic heterocycles. The van der Waals surface area contributed by atoms with E-state index in [-0.39, 0.29) is 24.5 Å². The van der Waals surface area contributed by atoms with Gasteiger partial charge in [-0.2, -0.15) is 0 Å². The highest BCUT2D eigenvalue weighted by atomic mass is 16.7. The monoisotopic (exact) mass is 504 g/mol. The Morgan fingerprint density at radius 2 is 1.66 bits per heavy atom. The summed E-state index contributed by atoms with van der Waals surface area (Å²) in [5.41, 5.74) is 0.618. The number of carbonyl (C=O) groups excluding carboxylic acids is 1. The van der Waals surface area contributed by atoms with E-state index >= 15 is 0 Å². The van der Waals surface area contributed by atoms with Gasteiger partial charge in [0, 0.05) is 6.92 Å². The maximum absolute atomic E-state index is 11.8. The number of carbonyl (C=O) groups is 1. The average molecular weight is 504 g/mol. The van der Waals surface area contributed by atoms with E-state index in [0.717, 1.165) is 6.92 Å². The van der Waals surface area contributed by atoms with E-state index in [2.05, 4.69) is 0 Å². The second-order valence-corrected chi connectivity index (χ2v) is 8.52. The highest BCUT2D eigenvalue weighted by Crippen LogP contribution is 2.31. The zero-order valence-electron chi connectivity index (χ0n) is 19.2. The Labute approximate surface area is 201 Å². The van der Waals surface area contributed by atoms with Crippen LogP contribution in [0.1, 0.15) is 19.4 Å². The molecule has 0 bridgehead atoms. The van der Waals surface area contributed by atoms with Crippen LogP contribution in [-0.2, 0) is 34.9 Å². The molecule has 0 amide bonds. The molecular weight excluding hydrogens is 472 g/mol. The maximum Gasteiger partial charge on any atom is 0.303 e. The van der Waals surface area contributed by atoms with Gasteiger partial charge >= 0.3 is 5.97 Å². The van der Waals surface area contributed by atoms with Gasteiger partial charge in [0.15, 0.2) is 30.2 Å². The van der Waals surface area contributed by atoms with Crippen molar-refractivity contribution in [2.24, 2.45) is 0 Å². The van der Waals surface area contributed by atoms with Gasteiger partial charge in [0.2, 0.25) is 0 Å². The van der Waals surface area contributed by atoms with Crippen molar-refractivity contribution in [1.82, 2.24) is 0 Å². The largest absolute Gasteiger partial charge is 0.504 e. The third kappa shape index (κ3) is 6.39. The highest BCUT2D eigenvalue weighted by Gasteiger charge is 2.52. The molecule has 10 atom stereocenters. The van der Waals surface area contributed by atoms with E-state index in [1.54, 1.807) is 6.07 Å². The van der Waals surface area contributed by atoms with Gasteiger partial charge in [-0.25, -0.2) is 0 Å². The summed E-state index contributed by atoms with van der Waals surface area (Å²) in [6, 6.07) is 4.23. The number of hydrogen-bond donors (Lipinski definition) is 7. The third-order valence-electron chi connectivity index (χ3n) is 5.91. The summed E-state index contributed by atoms with van der Waals surface area (Å²) in [4.78, 5) is 11.8. The van der Waals surface area contributed by atoms with Crippen LogP contribution in [0.3, 0.4) is 0 Å². The lowest BCUT2D eigenvalue weighted by molar-refractivity contribution is -0.357. The zero-order chi connectivity index (χ0) is 25.9. The van der Waals surface area contributed by atoms with Crippen molar-refractivity contribution in [2.45, 2.75) is 81.7 Å². The molecule has 35 heavy (non-hydrogen) atoms. The smallest absolute Gasteiger partial charge is 0.303 e. The van der Waals surface area contributed by atoms with E-state index in [0.29, 0.717) is 5.56 Å². The van der Waals surface area contributed by atoms with Gasteiger partial charge in [-0.3, -0.25) is 4.79 Å². The van der Waals surface area contributed by atoms with Crippen molar-refractivity contribution in [2.75, 3.05) is 13.2 Å². The Morgan fingerprint density at radius 3 is 2.29 bits per heavy atom. The Balaban J connectivity index is 1.76. The van der Waals surface area contributed by atoms with Crippen LogP contribution in [0.15, 0.2) is 18.2 Å². The summed E-state index contributed by atoms with van der Waals surface area (Å²) in [6.45, 7) is 1.90. The van der Waals surface area contributed by atoms with Gasteiger partial charge < -0.3 is 59.4 Å². The normalized spacial score (nSPS) is 37.7. The number of esters is 1. The molecule has 13 nitrogen and oxygen atoms in total. The Bertz CT molecular complexity index is 851. The van der Waals surface area contributed by atoms with Crippen molar-refractivity contribution >= 4 is 5.97 Å². The quantitative estimate of drug-likeness (QED) is 0.150. The fourth-order valence-electron chi connectivity index (χ4n) is 3.95. The third-order valence-corrected chi connectivity index (χ3v) is 5.91. The molecule has 2 fully saturated rings. The molecule has 0 radical (unpaired) electrons. The fraction of sp³-hybridized carbons (Fsp3) is 0.682. The molecular formula is C22H32O13. The first-order valence-electron chi connectivity index (χ1n) is 11.1. The Hall–Kier alpha value is -2.07. The van der Waals surface area contributed by atoms with Crippen LogP contribution < -0.4 is 0 Å². The standard InChI is InChI=1S/C22H32O13/c1-9-15(27)17(29)18(30)21(32-9)35-19-16(28)14(8-23)34-22(20(19)33-10(2)24)31-6-5-11-3-4-12(25)13(26)7-11/h3-4,7,9,14-23,25-30H,5-6,8H2,1-2H3. The number of benzene rings is 1. The second-order valence-electron chi connectivity index (χ2n) is 8.52. The van der Waals surface area contributed by atoms with Gasteiger partial charge in [-0.1, -0.05) is 6.07 Å². The first kappa shape index (κ1) is 27.5. The maximum atomic E-state index is 11.8. The van der Waals surface area contributed by atoms with E-state index in [1.165, 1.54) is 19.1 Å². The summed E-state index contributed by atoms with van der Waals surface area (Å²) in [5.74, 6) is -1.34. The number of phenolic OH excluding ortho intramolecular Hbond substituents is 2. The SMILES string of the molecule is CC(=O)OC1C(OCCc2ccc(O)c(O)c2)OC(CO)C(O)C1OC1OC(C)C(O)C(O)C1O. The molecule has 2 saturated heterocycles. The summed E-state index contributed by atoms with van der Waals surface area (Å²) < 4.78 is 27.7. The number of aromatic hydroxyl groups is 2. The minimum Gasteiger partial charge on any atom is -0.504 e. The number of aliphatic hydroxyl groups is 5. The van der Waals surface area contributed by atoms with Gasteiger partial charge in [0.25, 0.3) is 0 Å². The van der Waals surface area contributed by atoms with Crippen molar-refractivity contribution in [1.29, 1.82) is 0 Å². The summed E-state index contributed by atoms with van der Waals surface area (Å²) in [5, 5.41) is 69.8. The van der Waals surface area contributed by atoms with E-state index in [4.69, 9.17) is 23.7 Å². The van der Waals surface area contributed by atoms with Gasteiger partial charge in [-0.15, -0.1) is 0 Å². The molecule has 1 aromatic carbocycles. The van der Waals surface area contributed by atoms with Crippen molar-refractivity contribution in [3.05, 3.63) is 23.8 Å². The van der Waals surface area contributed by atoms with Crippen LogP contribution in [0.4, 0.5) is 0 Å². The lowest BCUT2D eigenvalue weighted by Crippen LogP contribution is -2.65. The van der Waals surface area contributed by atoms with E-state index in [9.17, 15) is 40.5 Å². The molecule has 3 rings (SSSR count). The van der Waals surface area contributed by atoms with Crippen molar-refractivity contribution < 1.29 is 64.2 Å². The van der Waals surface area contributed by atoms with Crippen molar-refractivity contribution in [3.63, 3.8) is 0 Å². The Morgan fingerprint density at radius 1 is 0.943 bits per heavy atom. The van der Waals surface area contributed by atoms with Crippen molar-refractivity contribution in [3.8, 4) is 11.5 Å². The first-order valence-corrected chi connectivity index (χ1v) is 11.1. The number of hydrogen-bond acceptors (Lipinski definition) is 13. The molecule has 198 valence electrons. The minimum absolute atomic E-state index is 0.0158. The average Bonchev–Trinajstić information content (AvgIpc) is 2.81. The predicted octanol–water partition coefficient (Wildman–Crippen LogP) is -2.12. The highest BCUT2D eigenvalue weighted by molar-refractivity contribution is 5.66. The number of rotatable bonds is 8. The van der Waals surface area contributed by atoms with Crippen LogP contribution in [0.2, 0.25) is 0 Å². The number of phenols is 2. The van der Waals surface area contributed by atoms with E-state index < -0.39 is 74.0 Å². The zero-order valence-corrected chi connectivity index (χ0v) is 19.2. The van der Waals surface area contributed by atoms with Gasteiger partial charge in [0.1, 0.15) is 36.6 Å². The lowest BCUT2D eigenvalue weighted by Gasteiger charge is -2.46. The van der Waals surface area contributed by atoms with Crippen LogP contribution in [-0.4, -0.2) is 116 Å². The molecule has 0 saturated carbocycles. The molecule has 0 aliphatic carbocycles. The molecule has 2 heterocycles. The van der Waals surface area contributed by atoms with Crippen LogP contribution in [0.5, 0.6) is 11.5 Å². The molecule has 2 aliphatic heterocycles. The molecule has 10 unspecified atom stereocenters. The number of aliphatic hydroxyl groups excluding tert-OH is 5. The van der Waals surface area contributed by atoms with Crippen LogP contribution in [0, 0.1) is 0 Å². The Kier molecular flexibility index (Phi) is 9.26. The minimum atomic E-state index is -1.69. The molecule has 1 aromatic rings. The van der Waals surface area contributed by atoms with Gasteiger partial charge in [0.05, 0.1) is 19.3 Å². The second kappa shape index (κ2) is 11.8. The molecule has 2 aliphatic rings. The predicted molar refractivity (Wildman–Crippen MR) is 114 cm³/mol. The lowest BCUT2D eigenvalue weighted by atomic mass is 9.97. The molecule has 0 spiro atoms. The summed E-state index contributed by atoms with van der Waals surface area (Å²) >= 11 is 0. The fourth-order valence-corrected chi connectivity index (χ4v) is 3.95. The molecule has 13 heteroatoms. The van der Waals surface area contributed by atoms with Crippen LogP contribution in [0.25, 0.3) is 0 Å².